The standard InChI is InChI=1S/C10H15BF3O2/c1-16-9(15)7-2-4-10(5-3-7)6-8(10)11(12,13)14/h7-8H,2-6H2,1H3/q-1/t7?,8-,10?/m1/s1. The first-order chi connectivity index (χ1) is 7.39. The molecule has 0 N–H and O–H groups in total. The van der Waals surface area contributed by atoms with Gasteiger partial charge in [0.05, 0.1) is 13.0 Å². The van der Waals surface area contributed by atoms with E-state index in [0.717, 1.165) is 0 Å². The molecule has 1 atom stereocenters. The van der Waals surface area contributed by atoms with Crippen molar-refractivity contribution in [2.45, 2.75) is 37.9 Å². The molecular weight excluding hydrogens is 220 g/mol. The number of methoxy groups -OCH3 is 1. The summed E-state index contributed by atoms with van der Waals surface area (Å²) in [5.41, 5.74) is -0.511. The highest BCUT2D eigenvalue weighted by atomic mass is 19.4. The van der Waals surface area contributed by atoms with Crippen LogP contribution in [0.25, 0.3) is 0 Å². The summed E-state index contributed by atoms with van der Waals surface area (Å²) in [6.07, 6.45) is 2.44. The van der Waals surface area contributed by atoms with E-state index < -0.39 is 18.2 Å². The second kappa shape index (κ2) is 3.67. The van der Waals surface area contributed by atoms with Crippen molar-refractivity contribution in [3.8, 4) is 0 Å². The molecule has 0 saturated heterocycles. The lowest BCUT2D eigenvalue weighted by molar-refractivity contribution is -0.146. The van der Waals surface area contributed by atoms with Gasteiger partial charge in [0.25, 0.3) is 0 Å². The summed E-state index contributed by atoms with van der Waals surface area (Å²) >= 11 is 0. The van der Waals surface area contributed by atoms with Crippen molar-refractivity contribution < 1.29 is 22.5 Å². The number of carbonyl (C=O) groups excluding carboxylic acids is 1. The molecule has 2 nitrogen and oxygen atoms in total. The molecule has 0 aliphatic heterocycles. The van der Waals surface area contributed by atoms with Crippen molar-refractivity contribution in [2.75, 3.05) is 7.11 Å². The Kier molecular flexibility index (Phi) is 2.71. The summed E-state index contributed by atoms with van der Waals surface area (Å²) < 4.78 is 42.3. The zero-order chi connectivity index (χ0) is 12.0. The van der Waals surface area contributed by atoms with Crippen molar-refractivity contribution in [1.82, 2.24) is 0 Å². The molecule has 0 aromatic carbocycles. The maximum atomic E-state index is 12.6. The monoisotopic (exact) mass is 235 g/mol. The van der Waals surface area contributed by atoms with Crippen molar-refractivity contribution in [2.24, 2.45) is 11.3 Å². The van der Waals surface area contributed by atoms with Crippen molar-refractivity contribution >= 4 is 12.9 Å². The van der Waals surface area contributed by atoms with E-state index in [-0.39, 0.29) is 18.3 Å². The fraction of sp³-hybridized carbons (Fsp3) is 0.900. The lowest BCUT2D eigenvalue weighted by atomic mass is 9.70. The summed E-state index contributed by atoms with van der Waals surface area (Å²) in [5, 5.41) is 0. The van der Waals surface area contributed by atoms with Gasteiger partial charge in [0, 0.05) is 0 Å². The minimum Gasteiger partial charge on any atom is -0.469 e. The quantitative estimate of drug-likeness (QED) is 0.543. The molecule has 2 aliphatic rings. The maximum absolute atomic E-state index is 12.6. The summed E-state index contributed by atoms with van der Waals surface area (Å²) in [5.74, 6) is -1.52. The normalized spacial score (nSPS) is 38.5. The van der Waals surface area contributed by atoms with Crippen LogP contribution in [-0.4, -0.2) is 20.1 Å². The molecule has 0 bridgehead atoms. The van der Waals surface area contributed by atoms with Gasteiger partial charge in [-0.2, -0.15) is 0 Å². The zero-order valence-corrected chi connectivity index (χ0v) is 9.22. The summed E-state index contributed by atoms with van der Waals surface area (Å²) in [6, 6.07) is 0. The predicted molar refractivity (Wildman–Crippen MR) is 53.9 cm³/mol. The first kappa shape index (κ1) is 11.8. The Labute approximate surface area is 92.6 Å². The van der Waals surface area contributed by atoms with Crippen LogP contribution in [-0.2, 0) is 9.53 Å². The number of rotatable bonds is 2. The Hall–Kier alpha value is -0.675. The SMILES string of the molecule is COC(=O)C1CCC2(CC1)C[C@H]2[B-](F)(F)F. The molecule has 2 aliphatic carbocycles. The van der Waals surface area contributed by atoms with Crippen LogP contribution >= 0.6 is 0 Å². The van der Waals surface area contributed by atoms with Gasteiger partial charge in [0.1, 0.15) is 0 Å². The number of halogens is 3. The second-order valence-electron chi connectivity index (χ2n) is 5.10. The van der Waals surface area contributed by atoms with Crippen LogP contribution in [0.5, 0.6) is 0 Å². The van der Waals surface area contributed by atoms with Crippen LogP contribution in [0.2, 0.25) is 5.82 Å². The molecule has 2 rings (SSSR count). The Morgan fingerprint density at radius 2 is 1.88 bits per heavy atom. The molecule has 6 heteroatoms. The number of ether oxygens (including phenoxy) is 1. The maximum Gasteiger partial charge on any atom is 0.481 e. The van der Waals surface area contributed by atoms with Gasteiger partial charge in [0.2, 0.25) is 0 Å². The average molecular weight is 235 g/mol. The Balaban J connectivity index is 1.90. The minimum atomic E-state index is -4.69. The van der Waals surface area contributed by atoms with Crippen LogP contribution < -0.4 is 0 Å². The van der Waals surface area contributed by atoms with Crippen LogP contribution in [0.1, 0.15) is 32.1 Å². The Bertz CT molecular complexity index is 295. The van der Waals surface area contributed by atoms with E-state index >= 15 is 0 Å². The molecule has 0 aromatic heterocycles. The Morgan fingerprint density at radius 1 is 1.31 bits per heavy atom. The fourth-order valence-electron chi connectivity index (χ4n) is 3.08. The predicted octanol–water partition coefficient (Wildman–Crippen LogP) is 2.96. The van der Waals surface area contributed by atoms with E-state index in [1.807, 2.05) is 0 Å². The molecule has 92 valence electrons. The highest BCUT2D eigenvalue weighted by Gasteiger charge is 2.62. The summed E-state index contributed by atoms with van der Waals surface area (Å²) in [7, 11) is 1.32. The molecule has 2 saturated carbocycles. The molecule has 2 fully saturated rings. The molecule has 0 heterocycles. The fourth-order valence-corrected chi connectivity index (χ4v) is 3.08. The average Bonchev–Trinajstić information content (AvgIpc) is 2.92. The van der Waals surface area contributed by atoms with Crippen molar-refractivity contribution in [1.29, 1.82) is 0 Å². The van der Waals surface area contributed by atoms with E-state index in [0.29, 0.717) is 25.7 Å². The number of hydrogen-bond acceptors (Lipinski definition) is 2. The third-order valence-electron chi connectivity index (χ3n) is 4.23. The van der Waals surface area contributed by atoms with Gasteiger partial charge in [-0.15, -0.1) is 0 Å². The van der Waals surface area contributed by atoms with Crippen LogP contribution in [0.4, 0.5) is 12.9 Å². The topological polar surface area (TPSA) is 26.3 Å². The van der Waals surface area contributed by atoms with E-state index in [1.165, 1.54) is 7.11 Å². The smallest absolute Gasteiger partial charge is 0.469 e. The molecule has 0 aromatic rings. The number of carbonyl (C=O) groups is 1. The van der Waals surface area contributed by atoms with Gasteiger partial charge >= 0.3 is 12.9 Å². The molecule has 0 radical (unpaired) electrons. The molecule has 16 heavy (non-hydrogen) atoms. The highest BCUT2D eigenvalue weighted by Crippen LogP contribution is 2.70. The largest absolute Gasteiger partial charge is 0.481 e. The lowest BCUT2D eigenvalue weighted by Gasteiger charge is -2.30. The van der Waals surface area contributed by atoms with E-state index in [4.69, 9.17) is 0 Å². The zero-order valence-electron chi connectivity index (χ0n) is 9.22. The van der Waals surface area contributed by atoms with E-state index in [2.05, 4.69) is 4.74 Å². The van der Waals surface area contributed by atoms with Crippen molar-refractivity contribution in [3.63, 3.8) is 0 Å². The van der Waals surface area contributed by atoms with Crippen molar-refractivity contribution in [3.05, 3.63) is 0 Å². The third kappa shape index (κ3) is 1.94. The van der Waals surface area contributed by atoms with E-state index in [9.17, 15) is 17.7 Å². The second-order valence-corrected chi connectivity index (χ2v) is 5.10. The third-order valence-corrected chi connectivity index (χ3v) is 4.23. The number of hydrogen-bond donors (Lipinski definition) is 0. The van der Waals surface area contributed by atoms with Gasteiger partial charge in [0.15, 0.2) is 0 Å². The van der Waals surface area contributed by atoms with Gasteiger partial charge < -0.3 is 17.7 Å². The first-order valence-corrected chi connectivity index (χ1v) is 5.67. The summed E-state index contributed by atoms with van der Waals surface area (Å²) in [4.78, 5) is 11.2. The Morgan fingerprint density at radius 3 is 2.25 bits per heavy atom. The van der Waals surface area contributed by atoms with Crippen LogP contribution in [0.15, 0.2) is 0 Å². The van der Waals surface area contributed by atoms with Gasteiger partial charge in [-0.3, -0.25) is 4.79 Å². The number of esters is 1. The van der Waals surface area contributed by atoms with E-state index in [1.54, 1.807) is 0 Å². The molecular formula is C10H15BF3O2-. The summed E-state index contributed by atoms with van der Waals surface area (Å²) in [6.45, 7) is -4.69. The molecule has 0 amide bonds. The van der Waals surface area contributed by atoms with Gasteiger partial charge in [-0.25, -0.2) is 0 Å². The van der Waals surface area contributed by atoms with Gasteiger partial charge in [-0.05, 0) is 25.7 Å². The highest BCUT2D eigenvalue weighted by molar-refractivity contribution is 6.61. The van der Waals surface area contributed by atoms with Crippen LogP contribution in [0.3, 0.4) is 0 Å². The lowest BCUT2D eigenvalue weighted by Crippen LogP contribution is -2.27. The van der Waals surface area contributed by atoms with Crippen LogP contribution in [0, 0.1) is 11.3 Å². The van der Waals surface area contributed by atoms with Gasteiger partial charge in [-0.1, -0.05) is 17.7 Å². The molecule has 1 spiro atoms. The first-order valence-electron chi connectivity index (χ1n) is 5.67. The molecule has 0 unspecified atom stereocenters. The minimum absolute atomic E-state index is 0.183.